The van der Waals surface area contributed by atoms with Crippen LogP contribution in [0.1, 0.15) is 32.1 Å². The molecule has 3 aliphatic heterocycles. The fourth-order valence-corrected chi connectivity index (χ4v) is 4.01. The summed E-state index contributed by atoms with van der Waals surface area (Å²) in [6.45, 7) is 1.73. The van der Waals surface area contributed by atoms with E-state index in [0.717, 1.165) is 18.0 Å². The van der Waals surface area contributed by atoms with Crippen LogP contribution in [0.15, 0.2) is 0 Å². The van der Waals surface area contributed by atoms with Gasteiger partial charge in [0, 0.05) is 18.7 Å². The summed E-state index contributed by atoms with van der Waals surface area (Å²) in [6.07, 6.45) is 6.88. The second kappa shape index (κ2) is 2.96. The number of nitrogens with zero attached hydrogens (tertiary/aromatic N) is 1. The van der Waals surface area contributed by atoms with Crippen molar-refractivity contribution in [3.8, 4) is 0 Å². The SMILES string of the molecule is OC[C@H]1CC[C@H]2C[C@H]3CCCN2[C@H]31. The summed E-state index contributed by atoms with van der Waals surface area (Å²) in [5.41, 5.74) is 0. The summed E-state index contributed by atoms with van der Waals surface area (Å²) >= 11 is 0. The summed E-state index contributed by atoms with van der Waals surface area (Å²) in [6, 6.07) is 1.65. The number of hydrogen-bond donors (Lipinski definition) is 1. The fourth-order valence-electron chi connectivity index (χ4n) is 4.01. The minimum Gasteiger partial charge on any atom is -0.396 e. The van der Waals surface area contributed by atoms with Crippen molar-refractivity contribution in [1.82, 2.24) is 4.90 Å². The third-order valence-electron chi connectivity index (χ3n) is 4.49. The van der Waals surface area contributed by atoms with Gasteiger partial charge in [0.2, 0.25) is 0 Å². The van der Waals surface area contributed by atoms with Gasteiger partial charge in [-0.1, -0.05) is 0 Å². The molecule has 0 amide bonds. The Bertz CT molecular complexity index is 204. The standard InChI is InChI=1S/C11H19NO/c13-7-9-3-4-10-6-8-2-1-5-12(10)11(8)9/h8-11,13H,1-7H2/t8-,9-,10+,11-/m1/s1. The molecule has 0 radical (unpaired) electrons. The maximum Gasteiger partial charge on any atom is 0.0474 e. The van der Waals surface area contributed by atoms with Gasteiger partial charge in [0.1, 0.15) is 0 Å². The molecule has 4 bridgehead atoms. The minimum atomic E-state index is 0.421. The van der Waals surface area contributed by atoms with E-state index in [2.05, 4.69) is 4.90 Å². The van der Waals surface area contributed by atoms with Crippen LogP contribution in [0.5, 0.6) is 0 Å². The van der Waals surface area contributed by atoms with Gasteiger partial charge < -0.3 is 5.11 Å². The molecule has 0 spiro atoms. The maximum absolute atomic E-state index is 9.34. The van der Waals surface area contributed by atoms with Crippen molar-refractivity contribution in [2.75, 3.05) is 13.2 Å². The second-order valence-electron chi connectivity index (χ2n) is 5.04. The van der Waals surface area contributed by atoms with Crippen LogP contribution in [0.25, 0.3) is 0 Å². The summed E-state index contributed by atoms with van der Waals surface area (Å²) in [4.78, 5) is 2.71. The Labute approximate surface area is 79.9 Å². The molecule has 0 aromatic carbocycles. The van der Waals surface area contributed by atoms with E-state index in [-0.39, 0.29) is 0 Å². The summed E-state index contributed by atoms with van der Waals surface area (Å²) < 4.78 is 0. The molecule has 3 fully saturated rings. The zero-order valence-electron chi connectivity index (χ0n) is 8.15. The lowest BCUT2D eigenvalue weighted by Gasteiger charge is -2.43. The van der Waals surface area contributed by atoms with Crippen molar-refractivity contribution in [1.29, 1.82) is 0 Å². The lowest BCUT2D eigenvalue weighted by Crippen LogP contribution is -2.49. The maximum atomic E-state index is 9.34. The molecule has 0 saturated carbocycles. The van der Waals surface area contributed by atoms with Crippen LogP contribution in [0.2, 0.25) is 0 Å². The third-order valence-corrected chi connectivity index (χ3v) is 4.49. The van der Waals surface area contributed by atoms with Crippen LogP contribution in [0, 0.1) is 11.8 Å². The highest BCUT2D eigenvalue weighted by Gasteiger charge is 2.49. The van der Waals surface area contributed by atoms with E-state index >= 15 is 0 Å². The summed E-state index contributed by atoms with van der Waals surface area (Å²) in [5, 5.41) is 9.34. The molecular formula is C11H19NO. The smallest absolute Gasteiger partial charge is 0.0474 e. The van der Waals surface area contributed by atoms with Gasteiger partial charge in [-0.3, -0.25) is 4.90 Å². The van der Waals surface area contributed by atoms with Crippen LogP contribution in [0.4, 0.5) is 0 Å². The van der Waals surface area contributed by atoms with Crippen molar-refractivity contribution in [2.24, 2.45) is 11.8 Å². The van der Waals surface area contributed by atoms with Crippen molar-refractivity contribution in [3.05, 3.63) is 0 Å². The highest BCUT2D eigenvalue weighted by atomic mass is 16.3. The normalized spacial score (nSPS) is 53.8. The number of piperidine rings is 2. The predicted molar refractivity (Wildman–Crippen MR) is 51.4 cm³/mol. The first-order valence-corrected chi connectivity index (χ1v) is 5.77. The van der Waals surface area contributed by atoms with Gasteiger partial charge in [-0.25, -0.2) is 0 Å². The molecule has 0 aromatic rings. The molecule has 3 rings (SSSR count). The van der Waals surface area contributed by atoms with E-state index in [0.29, 0.717) is 12.5 Å². The zero-order valence-corrected chi connectivity index (χ0v) is 8.15. The molecular weight excluding hydrogens is 162 g/mol. The monoisotopic (exact) mass is 181 g/mol. The minimum absolute atomic E-state index is 0.421. The van der Waals surface area contributed by atoms with Gasteiger partial charge >= 0.3 is 0 Å². The Morgan fingerprint density at radius 3 is 3.00 bits per heavy atom. The number of rotatable bonds is 1. The average Bonchev–Trinajstić information content (AvgIpc) is 2.39. The van der Waals surface area contributed by atoms with E-state index in [4.69, 9.17) is 0 Å². The molecule has 13 heavy (non-hydrogen) atoms. The van der Waals surface area contributed by atoms with Crippen molar-refractivity contribution >= 4 is 0 Å². The largest absolute Gasteiger partial charge is 0.396 e. The molecule has 3 heterocycles. The van der Waals surface area contributed by atoms with Crippen molar-refractivity contribution in [3.63, 3.8) is 0 Å². The molecule has 1 unspecified atom stereocenters. The van der Waals surface area contributed by atoms with Crippen molar-refractivity contribution in [2.45, 2.75) is 44.2 Å². The highest BCUT2D eigenvalue weighted by Crippen LogP contribution is 2.47. The number of aliphatic hydroxyl groups is 1. The van der Waals surface area contributed by atoms with Crippen LogP contribution < -0.4 is 0 Å². The van der Waals surface area contributed by atoms with Crippen LogP contribution in [-0.2, 0) is 0 Å². The van der Waals surface area contributed by atoms with Gasteiger partial charge in [0.15, 0.2) is 0 Å². The second-order valence-corrected chi connectivity index (χ2v) is 5.04. The van der Waals surface area contributed by atoms with Crippen LogP contribution in [0.3, 0.4) is 0 Å². The van der Waals surface area contributed by atoms with Crippen LogP contribution >= 0.6 is 0 Å². The topological polar surface area (TPSA) is 23.5 Å². The molecule has 3 saturated heterocycles. The first-order valence-electron chi connectivity index (χ1n) is 5.77. The lowest BCUT2D eigenvalue weighted by atomic mass is 9.82. The van der Waals surface area contributed by atoms with Gasteiger partial charge in [-0.15, -0.1) is 0 Å². The fraction of sp³-hybridized carbons (Fsp3) is 1.00. The van der Waals surface area contributed by atoms with E-state index < -0.39 is 0 Å². The Balaban J connectivity index is 1.87. The average molecular weight is 181 g/mol. The van der Waals surface area contributed by atoms with E-state index in [1.165, 1.54) is 38.6 Å². The van der Waals surface area contributed by atoms with Gasteiger partial charge in [0.25, 0.3) is 0 Å². The number of aliphatic hydroxyl groups excluding tert-OH is 1. The molecule has 2 nitrogen and oxygen atoms in total. The quantitative estimate of drug-likeness (QED) is 0.658. The molecule has 3 aliphatic rings. The molecule has 1 N–H and O–H groups in total. The van der Waals surface area contributed by atoms with E-state index in [1.54, 1.807) is 0 Å². The Morgan fingerprint density at radius 2 is 2.15 bits per heavy atom. The Hall–Kier alpha value is -0.0800. The third kappa shape index (κ3) is 1.08. The Kier molecular flexibility index (Phi) is 1.88. The zero-order chi connectivity index (χ0) is 8.84. The van der Waals surface area contributed by atoms with Gasteiger partial charge in [-0.2, -0.15) is 0 Å². The lowest BCUT2D eigenvalue weighted by molar-refractivity contribution is 0.0258. The summed E-state index contributed by atoms with van der Waals surface area (Å²) in [7, 11) is 0. The van der Waals surface area contributed by atoms with Crippen molar-refractivity contribution < 1.29 is 5.11 Å². The van der Waals surface area contributed by atoms with E-state index in [1.807, 2.05) is 0 Å². The Morgan fingerprint density at radius 1 is 1.23 bits per heavy atom. The molecule has 0 aliphatic carbocycles. The highest BCUT2D eigenvalue weighted by molar-refractivity contribution is 5.03. The molecule has 5 atom stereocenters. The van der Waals surface area contributed by atoms with E-state index in [9.17, 15) is 5.11 Å². The number of hydrogen-bond acceptors (Lipinski definition) is 2. The molecule has 0 aromatic heterocycles. The molecule has 74 valence electrons. The van der Waals surface area contributed by atoms with Gasteiger partial charge in [-0.05, 0) is 50.5 Å². The van der Waals surface area contributed by atoms with Crippen LogP contribution in [-0.4, -0.2) is 35.2 Å². The van der Waals surface area contributed by atoms with Gasteiger partial charge in [0.05, 0.1) is 0 Å². The molecule has 2 heteroatoms. The predicted octanol–water partition coefficient (Wildman–Crippen LogP) is 1.24. The summed E-state index contributed by atoms with van der Waals surface area (Å²) in [5.74, 6) is 1.53. The first kappa shape index (κ1) is 8.25. The first-order chi connectivity index (χ1) is 6.40.